The van der Waals surface area contributed by atoms with Crippen molar-refractivity contribution in [3.05, 3.63) is 34.0 Å². The van der Waals surface area contributed by atoms with Gasteiger partial charge in [0.05, 0.1) is 12.1 Å². The van der Waals surface area contributed by atoms with Crippen LogP contribution in [0, 0.1) is 17.8 Å². The van der Waals surface area contributed by atoms with Crippen LogP contribution in [0.2, 0.25) is 0 Å². The van der Waals surface area contributed by atoms with Gasteiger partial charge < -0.3 is 15.1 Å². The number of hydrogen-bond donors (Lipinski definition) is 2. The molecule has 0 bridgehead atoms. The third-order valence-corrected chi connectivity index (χ3v) is 6.11. The Morgan fingerprint density at radius 2 is 2.17 bits per heavy atom. The highest BCUT2D eigenvalue weighted by atomic mass is 32.1. The Morgan fingerprint density at radius 1 is 1.43 bits per heavy atom. The first-order chi connectivity index (χ1) is 14.2. The Morgan fingerprint density at radius 3 is 2.80 bits per heavy atom. The minimum Gasteiger partial charge on any atom is -0.477 e. The minimum absolute atomic E-state index is 0.136. The molecule has 2 rings (SSSR count). The van der Waals surface area contributed by atoms with Gasteiger partial charge in [0, 0.05) is 30.7 Å². The van der Waals surface area contributed by atoms with Crippen molar-refractivity contribution in [3.63, 3.8) is 0 Å². The number of aliphatic hydroxyl groups excluding tert-OH is 1. The normalized spacial score (nSPS) is 20.2. The number of alkyl halides is 2. The molecule has 164 valence electrons. The van der Waals surface area contributed by atoms with Crippen LogP contribution in [0.1, 0.15) is 54.1 Å². The highest BCUT2D eigenvalue weighted by Gasteiger charge is 2.52. The van der Waals surface area contributed by atoms with Crippen molar-refractivity contribution in [1.29, 1.82) is 0 Å². The van der Waals surface area contributed by atoms with Crippen LogP contribution in [-0.4, -0.2) is 51.6 Å². The molecule has 1 saturated heterocycles. The number of aryl methyl sites for hydroxylation is 1. The molecule has 0 unspecified atom stereocenters. The fraction of sp³-hybridized carbons (Fsp3) is 0.545. The van der Waals surface area contributed by atoms with Gasteiger partial charge in [-0.25, -0.2) is 4.79 Å². The number of aliphatic hydroxyl groups is 1. The molecule has 1 aliphatic rings. The Kier molecular flexibility index (Phi) is 8.56. The summed E-state index contributed by atoms with van der Waals surface area (Å²) in [7, 11) is 0. The molecule has 3 atom stereocenters. The lowest BCUT2D eigenvalue weighted by molar-refractivity contribution is -0.148. The van der Waals surface area contributed by atoms with Gasteiger partial charge in [-0.1, -0.05) is 26.0 Å². The van der Waals surface area contributed by atoms with Crippen LogP contribution in [0.3, 0.4) is 0 Å². The highest BCUT2D eigenvalue weighted by Crippen LogP contribution is 2.34. The second-order valence-electron chi connectivity index (χ2n) is 7.41. The average molecular weight is 440 g/mol. The molecule has 1 aliphatic heterocycles. The number of aromatic carboxylic acids is 1. The number of amides is 1. The molecule has 0 spiro atoms. The standard InChI is InChI=1S/C22H27F2NO4S/c1-3-4-5-7-15(2)18(26)11-9-16-14-22(23,24)21(29)25(16)13-6-8-17-10-12-19(30-17)20(27)28/h9-12,15-16,18,26H,3,6-8,13-14H2,1-2H3,(H,27,28)/b11-9+/t15-,16-,18+/m0/s1. The van der Waals surface area contributed by atoms with Crippen LogP contribution >= 0.6 is 11.3 Å². The average Bonchev–Trinajstić information content (AvgIpc) is 3.24. The zero-order chi connectivity index (χ0) is 22.3. The molecule has 1 amide bonds. The smallest absolute Gasteiger partial charge is 0.345 e. The van der Waals surface area contributed by atoms with E-state index in [9.17, 15) is 23.5 Å². The Balaban J connectivity index is 1.97. The van der Waals surface area contributed by atoms with Crippen molar-refractivity contribution < 1.29 is 28.6 Å². The molecule has 30 heavy (non-hydrogen) atoms. The van der Waals surface area contributed by atoms with Gasteiger partial charge in [0.2, 0.25) is 0 Å². The zero-order valence-corrected chi connectivity index (χ0v) is 17.9. The summed E-state index contributed by atoms with van der Waals surface area (Å²) in [5, 5.41) is 19.2. The lowest BCUT2D eigenvalue weighted by atomic mass is 9.99. The molecule has 0 aromatic carbocycles. The Hall–Kier alpha value is -2.24. The number of carboxylic acid groups (broad SMARTS) is 1. The summed E-state index contributed by atoms with van der Waals surface area (Å²) in [5.41, 5.74) is 0. The Labute approximate surface area is 179 Å². The van der Waals surface area contributed by atoms with Crippen LogP contribution in [0.4, 0.5) is 8.78 Å². The first kappa shape index (κ1) is 24.0. The molecule has 0 radical (unpaired) electrons. The molecule has 1 aromatic heterocycles. The van der Waals surface area contributed by atoms with Gasteiger partial charge in [0.25, 0.3) is 5.91 Å². The molecular weight excluding hydrogens is 412 g/mol. The van der Waals surface area contributed by atoms with E-state index in [1.54, 1.807) is 6.07 Å². The van der Waals surface area contributed by atoms with Gasteiger partial charge in [-0.2, -0.15) is 8.78 Å². The summed E-state index contributed by atoms with van der Waals surface area (Å²) in [6.07, 6.45) is 3.70. The quantitative estimate of drug-likeness (QED) is 0.451. The third-order valence-electron chi connectivity index (χ3n) is 4.97. The molecule has 2 N–H and O–H groups in total. The minimum atomic E-state index is -3.42. The number of likely N-dealkylation sites (tertiary alicyclic amines) is 1. The van der Waals surface area contributed by atoms with Gasteiger partial charge in [-0.05, 0) is 30.9 Å². The van der Waals surface area contributed by atoms with Crippen LogP contribution in [0.25, 0.3) is 0 Å². The molecule has 2 heterocycles. The predicted octanol–water partition coefficient (Wildman–Crippen LogP) is 3.97. The van der Waals surface area contributed by atoms with Crippen molar-refractivity contribution >= 4 is 23.2 Å². The summed E-state index contributed by atoms with van der Waals surface area (Å²) < 4.78 is 28.0. The maximum atomic E-state index is 14.0. The van der Waals surface area contributed by atoms with Gasteiger partial charge in [-0.3, -0.25) is 4.79 Å². The van der Waals surface area contributed by atoms with Gasteiger partial charge in [0.1, 0.15) is 4.88 Å². The molecule has 5 nitrogen and oxygen atoms in total. The summed E-state index contributed by atoms with van der Waals surface area (Å²) in [5.74, 6) is 0.123. The van der Waals surface area contributed by atoms with Crippen molar-refractivity contribution in [1.82, 2.24) is 4.90 Å². The van der Waals surface area contributed by atoms with E-state index in [-0.39, 0.29) is 17.3 Å². The van der Waals surface area contributed by atoms with Crippen LogP contribution in [0.15, 0.2) is 24.3 Å². The summed E-state index contributed by atoms with van der Waals surface area (Å²) >= 11 is 1.14. The van der Waals surface area contributed by atoms with E-state index >= 15 is 0 Å². The fourth-order valence-electron chi connectivity index (χ4n) is 3.22. The lowest BCUT2D eigenvalue weighted by Gasteiger charge is -2.22. The molecular formula is C22H27F2NO4S. The highest BCUT2D eigenvalue weighted by molar-refractivity contribution is 7.13. The number of nitrogens with zero attached hydrogens (tertiary/aromatic N) is 1. The zero-order valence-electron chi connectivity index (χ0n) is 17.1. The lowest BCUT2D eigenvalue weighted by Crippen LogP contribution is -2.36. The van der Waals surface area contributed by atoms with E-state index in [4.69, 9.17) is 5.11 Å². The molecule has 0 saturated carbocycles. The predicted molar refractivity (Wildman–Crippen MR) is 112 cm³/mol. The number of hydrogen-bond acceptors (Lipinski definition) is 4. The molecule has 8 heteroatoms. The summed E-state index contributed by atoms with van der Waals surface area (Å²) in [6, 6.07) is 2.43. The summed E-state index contributed by atoms with van der Waals surface area (Å²) in [4.78, 5) is 25.3. The number of carboxylic acids is 1. The Bertz CT molecular complexity index is 840. The van der Waals surface area contributed by atoms with E-state index in [1.807, 2.05) is 13.8 Å². The van der Waals surface area contributed by atoms with Crippen molar-refractivity contribution in [2.45, 2.75) is 64.0 Å². The number of rotatable bonds is 9. The van der Waals surface area contributed by atoms with E-state index in [1.165, 1.54) is 18.2 Å². The van der Waals surface area contributed by atoms with Gasteiger partial charge >= 0.3 is 11.9 Å². The topological polar surface area (TPSA) is 77.8 Å². The van der Waals surface area contributed by atoms with Crippen LogP contribution in [0.5, 0.6) is 0 Å². The van der Waals surface area contributed by atoms with Crippen LogP contribution in [-0.2, 0) is 11.2 Å². The van der Waals surface area contributed by atoms with Crippen molar-refractivity contribution in [2.24, 2.45) is 5.92 Å². The number of carbonyl (C=O) groups excluding carboxylic acids is 1. The first-order valence-corrected chi connectivity index (χ1v) is 10.8. The number of carbonyl (C=O) groups is 2. The first-order valence-electron chi connectivity index (χ1n) is 9.98. The van der Waals surface area contributed by atoms with E-state index in [2.05, 4.69) is 11.8 Å². The second-order valence-corrected chi connectivity index (χ2v) is 8.58. The number of thiophene rings is 1. The van der Waals surface area contributed by atoms with E-state index in [0.717, 1.165) is 27.5 Å². The van der Waals surface area contributed by atoms with Crippen molar-refractivity contribution in [3.8, 4) is 11.8 Å². The monoisotopic (exact) mass is 439 g/mol. The maximum Gasteiger partial charge on any atom is 0.345 e. The SMILES string of the molecule is CCC#CC[C@H](C)[C@H](O)/C=C/[C@H]1CC(F)(F)C(=O)N1CCCc1ccc(C(=O)O)s1. The maximum absolute atomic E-state index is 14.0. The van der Waals surface area contributed by atoms with Gasteiger partial charge in [0.15, 0.2) is 0 Å². The largest absolute Gasteiger partial charge is 0.477 e. The van der Waals surface area contributed by atoms with Crippen molar-refractivity contribution in [2.75, 3.05) is 6.54 Å². The molecule has 1 aromatic rings. The number of halogens is 2. The summed E-state index contributed by atoms with van der Waals surface area (Å²) in [6.45, 7) is 3.90. The van der Waals surface area contributed by atoms with Gasteiger partial charge in [-0.15, -0.1) is 23.2 Å². The van der Waals surface area contributed by atoms with Crippen LogP contribution < -0.4 is 0 Å². The fourth-order valence-corrected chi connectivity index (χ4v) is 4.11. The molecule has 0 aliphatic carbocycles. The molecule has 1 fully saturated rings. The van der Waals surface area contributed by atoms with E-state index < -0.39 is 36.4 Å². The third kappa shape index (κ3) is 6.38. The second kappa shape index (κ2) is 10.7. The van der Waals surface area contributed by atoms with E-state index in [0.29, 0.717) is 19.3 Å².